The van der Waals surface area contributed by atoms with Gasteiger partial charge in [0.25, 0.3) is 5.91 Å². The van der Waals surface area contributed by atoms with Gasteiger partial charge in [0.1, 0.15) is 10.8 Å². The molecule has 0 aliphatic heterocycles. The van der Waals surface area contributed by atoms with Gasteiger partial charge < -0.3 is 14.8 Å². The molecule has 3 rings (SSSR count). The maximum absolute atomic E-state index is 12.7. The van der Waals surface area contributed by atoms with Crippen LogP contribution in [0.5, 0.6) is 11.8 Å². The first-order chi connectivity index (χ1) is 13.1. The molecular weight excluding hydrogens is 366 g/mol. The Hall–Kier alpha value is -3.12. The smallest absolute Gasteiger partial charge is 0.258 e. The van der Waals surface area contributed by atoms with Crippen LogP contribution in [0.25, 0.3) is 0 Å². The largest absolute Gasteiger partial charge is 0.481 e. The van der Waals surface area contributed by atoms with Crippen molar-refractivity contribution >= 4 is 23.2 Å². The Bertz CT molecular complexity index is 948. The van der Waals surface area contributed by atoms with E-state index in [2.05, 4.69) is 15.3 Å². The van der Waals surface area contributed by atoms with Gasteiger partial charge in [-0.2, -0.15) is 4.98 Å². The van der Waals surface area contributed by atoms with E-state index in [-0.39, 0.29) is 16.6 Å². The van der Waals surface area contributed by atoms with Crippen LogP contribution in [0.15, 0.2) is 54.7 Å². The average molecular weight is 384 g/mol. The number of methoxy groups -OCH3 is 2. The van der Waals surface area contributed by atoms with Crippen molar-refractivity contribution < 1.29 is 14.3 Å². The van der Waals surface area contributed by atoms with Gasteiger partial charge in [-0.25, -0.2) is 4.98 Å². The number of halogens is 1. The molecule has 1 aromatic carbocycles. The standard InChI is InChI=1S/C20H18ClN3O3/c1-26-16-12-14(11-13-7-4-3-5-8-13)17(20(23-16)27-2)24-19(25)15-9-6-10-22-18(15)21/h3-10,12H,11H2,1-2H3,(H,24,25). The molecule has 0 aliphatic rings. The number of amides is 1. The number of pyridine rings is 2. The Morgan fingerprint density at radius 1 is 1.11 bits per heavy atom. The quantitative estimate of drug-likeness (QED) is 0.651. The molecule has 1 amide bonds. The molecule has 27 heavy (non-hydrogen) atoms. The molecule has 0 aliphatic carbocycles. The lowest BCUT2D eigenvalue weighted by atomic mass is 10.0. The molecular formula is C20H18ClN3O3. The van der Waals surface area contributed by atoms with Crippen molar-refractivity contribution in [2.24, 2.45) is 0 Å². The van der Waals surface area contributed by atoms with Crippen molar-refractivity contribution in [3.8, 4) is 11.8 Å². The van der Waals surface area contributed by atoms with E-state index in [1.807, 2.05) is 30.3 Å². The van der Waals surface area contributed by atoms with Crippen LogP contribution in [0.2, 0.25) is 5.15 Å². The van der Waals surface area contributed by atoms with Gasteiger partial charge in [-0.1, -0.05) is 41.9 Å². The van der Waals surface area contributed by atoms with E-state index in [9.17, 15) is 4.79 Å². The summed E-state index contributed by atoms with van der Waals surface area (Å²) >= 11 is 6.04. The van der Waals surface area contributed by atoms with Crippen LogP contribution in [0.1, 0.15) is 21.5 Å². The van der Waals surface area contributed by atoms with Gasteiger partial charge in [0.15, 0.2) is 0 Å². The SMILES string of the molecule is COc1cc(Cc2ccccc2)c(NC(=O)c2cccnc2Cl)c(OC)n1. The second-order valence-electron chi connectivity index (χ2n) is 5.67. The molecule has 0 radical (unpaired) electrons. The summed E-state index contributed by atoms with van der Waals surface area (Å²) < 4.78 is 10.6. The van der Waals surface area contributed by atoms with E-state index in [1.165, 1.54) is 20.4 Å². The highest BCUT2D eigenvalue weighted by Crippen LogP contribution is 2.32. The molecule has 138 valence electrons. The summed E-state index contributed by atoms with van der Waals surface area (Å²) in [6.07, 6.45) is 2.09. The molecule has 0 unspecified atom stereocenters. The molecule has 0 atom stereocenters. The van der Waals surface area contributed by atoms with Crippen molar-refractivity contribution in [3.05, 3.63) is 76.6 Å². The topological polar surface area (TPSA) is 73.3 Å². The summed E-state index contributed by atoms with van der Waals surface area (Å²) in [5.41, 5.74) is 2.61. The van der Waals surface area contributed by atoms with E-state index < -0.39 is 5.91 Å². The fraction of sp³-hybridized carbons (Fsp3) is 0.150. The van der Waals surface area contributed by atoms with E-state index in [4.69, 9.17) is 21.1 Å². The highest BCUT2D eigenvalue weighted by Gasteiger charge is 2.19. The third-order valence-corrected chi connectivity index (χ3v) is 4.23. The Morgan fingerprint density at radius 2 is 1.89 bits per heavy atom. The first-order valence-electron chi connectivity index (χ1n) is 8.20. The number of hydrogen-bond donors (Lipinski definition) is 1. The maximum atomic E-state index is 12.7. The fourth-order valence-electron chi connectivity index (χ4n) is 2.62. The number of carbonyl (C=O) groups excluding carboxylic acids is 1. The summed E-state index contributed by atoms with van der Waals surface area (Å²) in [6.45, 7) is 0. The number of anilines is 1. The van der Waals surface area contributed by atoms with Crippen LogP contribution >= 0.6 is 11.6 Å². The predicted octanol–water partition coefficient (Wildman–Crippen LogP) is 3.99. The van der Waals surface area contributed by atoms with Crippen molar-refractivity contribution in [2.45, 2.75) is 6.42 Å². The molecule has 3 aromatic rings. The van der Waals surface area contributed by atoms with E-state index >= 15 is 0 Å². The summed E-state index contributed by atoms with van der Waals surface area (Å²) in [5.74, 6) is 0.261. The summed E-state index contributed by atoms with van der Waals surface area (Å²) in [5, 5.41) is 2.98. The summed E-state index contributed by atoms with van der Waals surface area (Å²) in [6, 6.07) is 14.9. The number of rotatable bonds is 6. The first-order valence-corrected chi connectivity index (χ1v) is 8.58. The van der Waals surface area contributed by atoms with E-state index in [1.54, 1.807) is 18.2 Å². The molecule has 0 saturated heterocycles. The van der Waals surface area contributed by atoms with Gasteiger partial charge >= 0.3 is 0 Å². The number of benzene rings is 1. The van der Waals surface area contributed by atoms with Gasteiger partial charge in [0.2, 0.25) is 11.8 Å². The highest BCUT2D eigenvalue weighted by molar-refractivity contribution is 6.33. The molecule has 2 aromatic heterocycles. The van der Waals surface area contributed by atoms with Crippen LogP contribution in [0.3, 0.4) is 0 Å². The van der Waals surface area contributed by atoms with Gasteiger partial charge in [0, 0.05) is 12.3 Å². The second kappa shape index (κ2) is 8.51. The summed E-state index contributed by atoms with van der Waals surface area (Å²) in [4.78, 5) is 20.9. The molecule has 0 saturated carbocycles. The lowest BCUT2D eigenvalue weighted by Crippen LogP contribution is -2.16. The molecule has 0 bridgehead atoms. The Labute approximate surface area is 162 Å². The van der Waals surface area contributed by atoms with Crippen LogP contribution in [-0.2, 0) is 6.42 Å². The minimum absolute atomic E-state index is 0.125. The predicted molar refractivity (Wildman–Crippen MR) is 104 cm³/mol. The molecule has 6 nitrogen and oxygen atoms in total. The van der Waals surface area contributed by atoms with Gasteiger partial charge in [-0.05, 0) is 29.7 Å². The van der Waals surface area contributed by atoms with Gasteiger partial charge in [-0.3, -0.25) is 4.79 Å². The Morgan fingerprint density at radius 3 is 2.56 bits per heavy atom. The Kier molecular flexibility index (Phi) is 5.88. The zero-order valence-corrected chi connectivity index (χ0v) is 15.7. The number of carbonyl (C=O) groups is 1. The monoisotopic (exact) mass is 383 g/mol. The van der Waals surface area contributed by atoms with E-state index in [0.717, 1.165) is 11.1 Å². The van der Waals surface area contributed by atoms with Gasteiger partial charge in [-0.15, -0.1) is 0 Å². The zero-order chi connectivity index (χ0) is 19.2. The molecule has 1 N–H and O–H groups in total. The van der Waals surface area contributed by atoms with Gasteiger partial charge in [0.05, 0.1) is 19.8 Å². The van der Waals surface area contributed by atoms with Crippen molar-refractivity contribution in [2.75, 3.05) is 19.5 Å². The first kappa shape index (κ1) is 18.7. The van der Waals surface area contributed by atoms with E-state index in [0.29, 0.717) is 18.0 Å². The van der Waals surface area contributed by atoms with Crippen LogP contribution < -0.4 is 14.8 Å². The number of nitrogens with zero attached hydrogens (tertiary/aromatic N) is 2. The summed E-state index contributed by atoms with van der Waals surface area (Å²) in [7, 11) is 3.02. The molecule has 0 spiro atoms. The Balaban J connectivity index is 2.01. The van der Waals surface area contributed by atoms with Crippen molar-refractivity contribution in [1.82, 2.24) is 9.97 Å². The van der Waals surface area contributed by atoms with Crippen LogP contribution in [-0.4, -0.2) is 30.1 Å². The lowest BCUT2D eigenvalue weighted by molar-refractivity contribution is 0.102. The fourth-order valence-corrected chi connectivity index (χ4v) is 2.83. The highest BCUT2D eigenvalue weighted by atomic mass is 35.5. The number of hydrogen-bond acceptors (Lipinski definition) is 5. The third kappa shape index (κ3) is 4.35. The lowest BCUT2D eigenvalue weighted by Gasteiger charge is -2.16. The second-order valence-corrected chi connectivity index (χ2v) is 6.02. The normalized spacial score (nSPS) is 10.3. The maximum Gasteiger partial charge on any atom is 0.258 e. The van der Waals surface area contributed by atoms with Crippen molar-refractivity contribution in [3.63, 3.8) is 0 Å². The third-order valence-electron chi connectivity index (χ3n) is 3.93. The number of ether oxygens (including phenoxy) is 2. The minimum atomic E-state index is -0.396. The van der Waals surface area contributed by atoms with Crippen LogP contribution in [0, 0.1) is 0 Å². The molecule has 7 heteroatoms. The molecule has 0 fully saturated rings. The number of aromatic nitrogens is 2. The number of nitrogens with one attached hydrogen (secondary N) is 1. The van der Waals surface area contributed by atoms with Crippen molar-refractivity contribution in [1.29, 1.82) is 0 Å². The zero-order valence-electron chi connectivity index (χ0n) is 14.9. The molecule has 2 heterocycles. The van der Waals surface area contributed by atoms with Crippen LogP contribution in [0.4, 0.5) is 5.69 Å². The minimum Gasteiger partial charge on any atom is -0.481 e. The average Bonchev–Trinajstić information content (AvgIpc) is 2.70.